The van der Waals surface area contributed by atoms with Crippen LogP contribution in [0.25, 0.3) is 0 Å². The Morgan fingerprint density at radius 3 is 2.94 bits per heavy atom. The fourth-order valence-corrected chi connectivity index (χ4v) is 3.09. The van der Waals surface area contributed by atoms with E-state index in [2.05, 4.69) is 33.2 Å². The zero-order valence-corrected chi connectivity index (χ0v) is 12.6. The summed E-state index contributed by atoms with van der Waals surface area (Å²) in [4.78, 5) is 14.3. The van der Waals surface area contributed by atoms with Crippen molar-refractivity contribution in [3.05, 3.63) is 33.3 Å². The molecule has 1 aliphatic heterocycles. The Labute approximate surface area is 121 Å². The van der Waals surface area contributed by atoms with E-state index in [0.717, 1.165) is 17.4 Å². The fraction of sp³-hybridized carbons (Fsp3) is 0.462. The van der Waals surface area contributed by atoms with Gasteiger partial charge < -0.3 is 10.2 Å². The first-order valence-electron chi connectivity index (χ1n) is 6.01. The minimum Gasteiger partial charge on any atom is -0.350 e. The number of likely N-dealkylation sites (tertiary alicyclic amines) is 1. The first-order valence-corrected chi connectivity index (χ1v) is 7.18. The number of rotatable bonds is 3. The molecule has 1 amide bonds. The number of carbonyl (C=O) groups excluding carboxylic acids is 1. The van der Waals surface area contributed by atoms with Crippen LogP contribution in [-0.4, -0.2) is 37.0 Å². The monoisotopic (exact) mass is 330 g/mol. The Kier molecular flexibility index (Phi) is 4.65. The average molecular weight is 332 g/mol. The van der Waals surface area contributed by atoms with E-state index in [-0.39, 0.29) is 5.91 Å². The van der Waals surface area contributed by atoms with E-state index in [0.29, 0.717) is 23.2 Å². The van der Waals surface area contributed by atoms with Gasteiger partial charge in [-0.1, -0.05) is 27.5 Å². The lowest BCUT2D eigenvalue weighted by Crippen LogP contribution is -2.38. The molecule has 1 atom stereocenters. The third kappa shape index (κ3) is 3.46. The number of nitrogens with one attached hydrogen (secondary N) is 1. The number of likely N-dealkylation sites (N-methyl/N-ethyl adjacent to an activating group) is 1. The lowest BCUT2D eigenvalue weighted by atomic mass is 10.2. The van der Waals surface area contributed by atoms with Crippen LogP contribution in [-0.2, 0) is 0 Å². The second-order valence-electron chi connectivity index (χ2n) is 4.64. The first-order chi connectivity index (χ1) is 8.56. The second kappa shape index (κ2) is 6.04. The van der Waals surface area contributed by atoms with Gasteiger partial charge in [0.05, 0.1) is 0 Å². The van der Waals surface area contributed by atoms with Crippen molar-refractivity contribution in [1.82, 2.24) is 10.2 Å². The molecule has 1 N–H and O–H groups in total. The SMILES string of the molecule is CN1CCCC1CNC(=O)c1cc(Cl)cc(Br)c1. The van der Waals surface area contributed by atoms with E-state index in [9.17, 15) is 4.79 Å². The summed E-state index contributed by atoms with van der Waals surface area (Å²) in [7, 11) is 2.10. The van der Waals surface area contributed by atoms with Gasteiger partial charge in [-0.05, 0) is 44.6 Å². The van der Waals surface area contributed by atoms with Crippen molar-refractivity contribution >= 4 is 33.4 Å². The Balaban J connectivity index is 1.95. The molecular formula is C13H16BrClN2O. The molecule has 0 aromatic heterocycles. The molecule has 0 saturated carbocycles. The molecule has 1 fully saturated rings. The lowest BCUT2D eigenvalue weighted by Gasteiger charge is -2.19. The molecule has 0 aliphatic carbocycles. The van der Waals surface area contributed by atoms with Crippen LogP contribution in [0.1, 0.15) is 23.2 Å². The standard InChI is InChI=1S/C13H16BrClN2O/c1-17-4-2-3-12(17)8-16-13(18)9-5-10(14)7-11(15)6-9/h5-7,12H,2-4,8H2,1H3,(H,16,18). The van der Waals surface area contributed by atoms with E-state index < -0.39 is 0 Å². The Morgan fingerprint density at radius 1 is 1.56 bits per heavy atom. The van der Waals surface area contributed by atoms with Gasteiger partial charge in [0, 0.05) is 27.6 Å². The molecule has 5 heteroatoms. The Morgan fingerprint density at radius 2 is 2.33 bits per heavy atom. The van der Waals surface area contributed by atoms with Crippen molar-refractivity contribution in [2.75, 3.05) is 20.1 Å². The summed E-state index contributed by atoms with van der Waals surface area (Å²) in [6.45, 7) is 1.81. The minimum absolute atomic E-state index is 0.0708. The summed E-state index contributed by atoms with van der Waals surface area (Å²) in [5.74, 6) is -0.0708. The van der Waals surface area contributed by atoms with Gasteiger partial charge in [-0.25, -0.2) is 0 Å². The fourth-order valence-electron chi connectivity index (χ4n) is 2.23. The maximum absolute atomic E-state index is 12.0. The van der Waals surface area contributed by atoms with Gasteiger partial charge >= 0.3 is 0 Å². The highest BCUT2D eigenvalue weighted by Crippen LogP contribution is 2.20. The Bertz CT molecular complexity index is 432. The molecule has 1 aromatic carbocycles. The van der Waals surface area contributed by atoms with Crippen molar-refractivity contribution in [2.24, 2.45) is 0 Å². The van der Waals surface area contributed by atoms with Crippen LogP contribution in [0.5, 0.6) is 0 Å². The zero-order chi connectivity index (χ0) is 13.1. The van der Waals surface area contributed by atoms with Gasteiger partial charge in [0.15, 0.2) is 0 Å². The molecule has 2 rings (SSSR count). The van der Waals surface area contributed by atoms with Crippen LogP contribution in [0.3, 0.4) is 0 Å². The number of nitrogens with zero attached hydrogens (tertiary/aromatic N) is 1. The number of hydrogen-bond donors (Lipinski definition) is 1. The summed E-state index contributed by atoms with van der Waals surface area (Å²) in [5, 5.41) is 3.53. The van der Waals surface area contributed by atoms with Crippen LogP contribution in [0, 0.1) is 0 Å². The molecule has 3 nitrogen and oxygen atoms in total. The summed E-state index contributed by atoms with van der Waals surface area (Å²) in [6.07, 6.45) is 2.36. The van der Waals surface area contributed by atoms with Crippen LogP contribution < -0.4 is 5.32 Å². The number of hydrogen-bond acceptors (Lipinski definition) is 2. The van der Waals surface area contributed by atoms with Gasteiger partial charge in [0.25, 0.3) is 5.91 Å². The molecule has 1 aliphatic rings. The summed E-state index contributed by atoms with van der Waals surface area (Å²) in [6, 6.07) is 5.68. The average Bonchev–Trinajstić information content (AvgIpc) is 2.70. The molecule has 0 spiro atoms. The molecule has 1 aromatic rings. The van der Waals surface area contributed by atoms with Crippen molar-refractivity contribution in [3.8, 4) is 0 Å². The predicted octanol–water partition coefficient (Wildman–Crippen LogP) is 2.93. The normalized spacial score (nSPS) is 20.1. The number of carbonyl (C=O) groups is 1. The summed E-state index contributed by atoms with van der Waals surface area (Å²) >= 11 is 9.26. The largest absolute Gasteiger partial charge is 0.350 e. The van der Waals surface area contributed by atoms with Crippen molar-refractivity contribution in [2.45, 2.75) is 18.9 Å². The van der Waals surface area contributed by atoms with E-state index >= 15 is 0 Å². The number of benzene rings is 1. The maximum atomic E-state index is 12.0. The smallest absolute Gasteiger partial charge is 0.251 e. The molecule has 0 bridgehead atoms. The predicted molar refractivity (Wildman–Crippen MR) is 77.1 cm³/mol. The van der Waals surface area contributed by atoms with E-state index in [1.165, 1.54) is 6.42 Å². The topological polar surface area (TPSA) is 32.3 Å². The van der Waals surface area contributed by atoms with Gasteiger partial charge in [-0.3, -0.25) is 4.79 Å². The maximum Gasteiger partial charge on any atom is 0.251 e. The van der Waals surface area contributed by atoms with E-state index in [4.69, 9.17) is 11.6 Å². The Hall–Kier alpha value is -0.580. The van der Waals surface area contributed by atoms with Gasteiger partial charge in [-0.15, -0.1) is 0 Å². The highest BCUT2D eigenvalue weighted by Gasteiger charge is 2.21. The van der Waals surface area contributed by atoms with Crippen molar-refractivity contribution in [1.29, 1.82) is 0 Å². The van der Waals surface area contributed by atoms with Crippen molar-refractivity contribution in [3.63, 3.8) is 0 Å². The molecular weight excluding hydrogens is 316 g/mol. The third-order valence-electron chi connectivity index (χ3n) is 3.29. The summed E-state index contributed by atoms with van der Waals surface area (Å²) in [5.41, 5.74) is 0.593. The molecule has 1 heterocycles. The zero-order valence-electron chi connectivity index (χ0n) is 10.2. The van der Waals surface area contributed by atoms with Crippen LogP contribution in [0.4, 0.5) is 0 Å². The van der Waals surface area contributed by atoms with Crippen LogP contribution in [0.2, 0.25) is 5.02 Å². The second-order valence-corrected chi connectivity index (χ2v) is 6.00. The quantitative estimate of drug-likeness (QED) is 0.923. The summed E-state index contributed by atoms with van der Waals surface area (Å²) < 4.78 is 0.818. The number of amides is 1. The highest BCUT2D eigenvalue weighted by atomic mass is 79.9. The minimum atomic E-state index is -0.0708. The first kappa shape index (κ1) is 13.8. The molecule has 18 heavy (non-hydrogen) atoms. The third-order valence-corrected chi connectivity index (χ3v) is 3.97. The number of halogens is 2. The van der Waals surface area contributed by atoms with Crippen LogP contribution >= 0.6 is 27.5 Å². The van der Waals surface area contributed by atoms with E-state index in [1.54, 1.807) is 18.2 Å². The van der Waals surface area contributed by atoms with E-state index in [1.807, 2.05) is 0 Å². The highest BCUT2D eigenvalue weighted by molar-refractivity contribution is 9.10. The van der Waals surface area contributed by atoms with Crippen LogP contribution in [0.15, 0.2) is 22.7 Å². The molecule has 98 valence electrons. The van der Waals surface area contributed by atoms with Crippen molar-refractivity contribution < 1.29 is 4.79 Å². The van der Waals surface area contributed by atoms with Gasteiger partial charge in [0.1, 0.15) is 0 Å². The molecule has 0 radical (unpaired) electrons. The lowest BCUT2D eigenvalue weighted by molar-refractivity contribution is 0.0943. The van der Waals surface area contributed by atoms with Gasteiger partial charge in [-0.2, -0.15) is 0 Å². The molecule has 1 saturated heterocycles. The van der Waals surface area contributed by atoms with Gasteiger partial charge in [0.2, 0.25) is 0 Å². The molecule has 1 unspecified atom stereocenters.